The maximum Gasteiger partial charge on any atom is 0.229 e. The van der Waals surface area contributed by atoms with Crippen LogP contribution in [0.15, 0.2) is 30.3 Å². The number of rotatable bonds is 4. The van der Waals surface area contributed by atoms with E-state index in [1.807, 2.05) is 0 Å². The molecular weight excluding hydrogens is 412 g/mol. The molecule has 2 aromatic rings. The van der Waals surface area contributed by atoms with E-state index in [9.17, 15) is 40.2 Å². The number of ketones is 2. The fourth-order valence-electron chi connectivity index (χ4n) is 3.81. The van der Waals surface area contributed by atoms with Crippen molar-refractivity contribution in [2.24, 2.45) is 0 Å². The van der Waals surface area contributed by atoms with Crippen molar-refractivity contribution in [3.63, 3.8) is 0 Å². The fraction of sp³-hybridized carbons (Fsp3) is 0.333. The zero-order valence-electron chi connectivity index (χ0n) is 16.0. The van der Waals surface area contributed by atoms with Crippen molar-refractivity contribution in [2.45, 2.75) is 37.3 Å². The van der Waals surface area contributed by atoms with Crippen LogP contribution >= 0.6 is 0 Å². The van der Waals surface area contributed by atoms with Crippen molar-refractivity contribution in [2.75, 3.05) is 6.61 Å². The highest BCUT2D eigenvalue weighted by atomic mass is 16.7. The van der Waals surface area contributed by atoms with Crippen LogP contribution in [0.25, 0.3) is 0 Å². The molecule has 1 heterocycles. The average Bonchev–Trinajstić information content (AvgIpc) is 2.77. The highest BCUT2D eigenvalue weighted by Gasteiger charge is 2.45. The lowest BCUT2D eigenvalue weighted by Gasteiger charge is -2.39. The molecule has 1 aliphatic carbocycles. The molecule has 1 aliphatic heterocycles. The topological polar surface area (TPSA) is 174 Å². The van der Waals surface area contributed by atoms with Gasteiger partial charge in [0, 0.05) is 11.1 Å². The van der Waals surface area contributed by atoms with Crippen LogP contribution in [0.3, 0.4) is 0 Å². The van der Waals surface area contributed by atoms with Crippen LogP contribution < -0.4 is 4.74 Å². The number of phenols is 1. The van der Waals surface area contributed by atoms with Crippen molar-refractivity contribution < 1.29 is 49.7 Å². The van der Waals surface area contributed by atoms with Gasteiger partial charge >= 0.3 is 0 Å². The van der Waals surface area contributed by atoms with Crippen LogP contribution in [0.4, 0.5) is 0 Å². The van der Waals surface area contributed by atoms with Gasteiger partial charge in [-0.15, -0.1) is 0 Å². The van der Waals surface area contributed by atoms with E-state index in [1.54, 1.807) is 0 Å². The normalized spacial score (nSPS) is 27.6. The predicted molar refractivity (Wildman–Crippen MR) is 102 cm³/mol. The summed E-state index contributed by atoms with van der Waals surface area (Å²) in [4.78, 5) is 26.2. The minimum absolute atomic E-state index is 0.0194. The van der Waals surface area contributed by atoms with Gasteiger partial charge < -0.3 is 40.1 Å². The van der Waals surface area contributed by atoms with Gasteiger partial charge in [-0.25, -0.2) is 0 Å². The molecule has 164 valence electrons. The minimum atomic E-state index is -1.71. The highest BCUT2D eigenvalue weighted by molar-refractivity contribution is 6.30. The quantitative estimate of drug-likeness (QED) is 0.295. The summed E-state index contributed by atoms with van der Waals surface area (Å²) >= 11 is 0. The monoisotopic (exact) mass is 432 g/mol. The molecule has 1 saturated heterocycles. The van der Waals surface area contributed by atoms with Crippen LogP contribution in [-0.2, 0) is 11.3 Å². The van der Waals surface area contributed by atoms with Crippen molar-refractivity contribution in [3.05, 3.63) is 58.1 Å². The van der Waals surface area contributed by atoms with E-state index in [-0.39, 0.29) is 33.6 Å². The van der Waals surface area contributed by atoms with Gasteiger partial charge in [0.1, 0.15) is 35.9 Å². The van der Waals surface area contributed by atoms with E-state index < -0.39 is 61.2 Å². The first kappa shape index (κ1) is 21.4. The van der Waals surface area contributed by atoms with Crippen molar-refractivity contribution >= 4 is 11.6 Å². The van der Waals surface area contributed by atoms with Gasteiger partial charge in [0.2, 0.25) is 12.1 Å². The fourth-order valence-corrected chi connectivity index (χ4v) is 3.81. The molecule has 5 atom stereocenters. The van der Waals surface area contributed by atoms with Gasteiger partial charge in [-0.3, -0.25) is 9.59 Å². The summed E-state index contributed by atoms with van der Waals surface area (Å²) in [7, 11) is 0. The Balaban J connectivity index is 1.75. The molecule has 0 radical (unpaired) electrons. The smallest absolute Gasteiger partial charge is 0.229 e. The van der Waals surface area contributed by atoms with E-state index in [0.29, 0.717) is 0 Å². The van der Waals surface area contributed by atoms with Crippen LogP contribution in [0.2, 0.25) is 0 Å². The molecule has 10 nitrogen and oxygen atoms in total. The summed E-state index contributed by atoms with van der Waals surface area (Å²) in [5.41, 5.74) is -0.251. The van der Waals surface area contributed by atoms with Crippen LogP contribution in [0.1, 0.15) is 37.4 Å². The number of phenolic OH excluding ortho intramolecular Hbond substituents is 1. The number of aromatic hydroxyl groups is 1. The highest BCUT2D eigenvalue weighted by Crippen LogP contribution is 2.38. The molecule has 2 aliphatic rings. The number of ether oxygens (including phenoxy) is 2. The Kier molecular flexibility index (Phi) is 5.52. The Morgan fingerprint density at radius 2 is 1.65 bits per heavy atom. The third-order valence-corrected chi connectivity index (χ3v) is 5.42. The van der Waals surface area contributed by atoms with Crippen LogP contribution in [0.5, 0.6) is 11.5 Å². The minimum Gasteiger partial charge on any atom is -0.507 e. The summed E-state index contributed by atoms with van der Waals surface area (Å²) in [5.74, 6) is -1.93. The summed E-state index contributed by atoms with van der Waals surface area (Å²) in [6.45, 7) is -1.10. The van der Waals surface area contributed by atoms with Gasteiger partial charge in [-0.1, -0.05) is 12.1 Å². The SMILES string of the molecule is O=C1c2cc(CO)cc(O)c2C(=O)c2c(O[C@@H]3O[C@@H](CO)[C@H](O)[C@@H](O)[C@@H]3O)cccc21. The van der Waals surface area contributed by atoms with E-state index in [4.69, 9.17) is 9.47 Å². The first-order valence-corrected chi connectivity index (χ1v) is 9.44. The van der Waals surface area contributed by atoms with Gasteiger partial charge in [0.25, 0.3) is 0 Å². The molecule has 0 aromatic heterocycles. The molecule has 0 saturated carbocycles. The maximum absolute atomic E-state index is 13.2. The van der Waals surface area contributed by atoms with Gasteiger partial charge in [0.05, 0.1) is 24.3 Å². The molecule has 0 unspecified atom stereocenters. The summed E-state index contributed by atoms with van der Waals surface area (Å²) < 4.78 is 10.9. The molecule has 0 spiro atoms. The number of benzene rings is 2. The zero-order valence-corrected chi connectivity index (χ0v) is 16.0. The molecule has 10 heteroatoms. The number of carbonyl (C=O) groups excluding carboxylic acids is 2. The maximum atomic E-state index is 13.2. The average molecular weight is 432 g/mol. The number of hydrogen-bond acceptors (Lipinski definition) is 10. The van der Waals surface area contributed by atoms with Gasteiger partial charge in [-0.05, 0) is 23.8 Å². The van der Waals surface area contributed by atoms with E-state index in [2.05, 4.69) is 0 Å². The van der Waals surface area contributed by atoms with Gasteiger partial charge in [-0.2, -0.15) is 0 Å². The first-order valence-electron chi connectivity index (χ1n) is 9.44. The first-order chi connectivity index (χ1) is 14.8. The Labute approximate surface area is 175 Å². The molecule has 31 heavy (non-hydrogen) atoms. The van der Waals surface area contributed by atoms with E-state index >= 15 is 0 Å². The summed E-state index contributed by atoms with van der Waals surface area (Å²) in [6.07, 6.45) is -7.76. The molecule has 6 N–H and O–H groups in total. The second-order valence-electron chi connectivity index (χ2n) is 7.35. The lowest BCUT2D eigenvalue weighted by molar-refractivity contribution is -0.277. The Morgan fingerprint density at radius 1 is 0.903 bits per heavy atom. The lowest BCUT2D eigenvalue weighted by Crippen LogP contribution is -2.60. The van der Waals surface area contributed by atoms with Crippen LogP contribution in [0, 0.1) is 0 Å². The Hall–Kier alpha value is -2.86. The third-order valence-electron chi connectivity index (χ3n) is 5.42. The summed E-state index contributed by atoms with van der Waals surface area (Å²) in [6, 6.07) is 6.67. The molecule has 4 rings (SSSR count). The third kappa shape index (κ3) is 3.39. The molecule has 0 amide bonds. The van der Waals surface area contributed by atoms with Gasteiger partial charge in [0.15, 0.2) is 5.78 Å². The second-order valence-corrected chi connectivity index (χ2v) is 7.35. The van der Waals surface area contributed by atoms with E-state index in [1.165, 1.54) is 30.3 Å². The molecule has 1 fully saturated rings. The van der Waals surface area contributed by atoms with Crippen molar-refractivity contribution in [1.82, 2.24) is 0 Å². The predicted octanol–water partition coefficient (Wildman–Crippen LogP) is -1.16. The lowest BCUT2D eigenvalue weighted by atomic mass is 9.82. The summed E-state index contributed by atoms with van der Waals surface area (Å²) in [5, 5.41) is 59.0. The Morgan fingerprint density at radius 3 is 2.32 bits per heavy atom. The Bertz CT molecular complexity index is 1050. The number of hydrogen-bond donors (Lipinski definition) is 6. The van der Waals surface area contributed by atoms with Crippen LogP contribution in [-0.4, -0.2) is 79.5 Å². The molecular formula is C21H20O10. The molecule has 0 bridgehead atoms. The standard InChI is InChI=1S/C21H20O10/c22-6-8-4-10-14(11(24)5-8)18(27)15-9(16(10)25)2-1-3-12(15)30-21-20(29)19(28)17(26)13(7-23)31-21/h1-5,13,17,19-24,26,28-29H,6-7H2/t13-,17-,19+,20-,21+/m0/s1. The number of aliphatic hydroxyl groups excluding tert-OH is 5. The molecule has 2 aromatic carbocycles. The number of aliphatic hydroxyl groups is 5. The number of carbonyl (C=O) groups is 2. The van der Waals surface area contributed by atoms with Crippen molar-refractivity contribution in [3.8, 4) is 11.5 Å². The largest absolute Gasteiger partial charge is 0.507 e. The zero-order chi connectivity index (χ0) is 22.4. The van der Waals surface area contributed by atoms with Crippen molar-refractivity contribution in [1.29, 1.82) is 0 Å². The second kappa shape index (κ2) is 8.00. The van der Waals surface area contributed by atoms with E-state index in [0.717, 1.165) is 0 Å². The number of fused-ring (bicyclic) bond motifs is 2.